The van der Waals surface area contributed by atoms with Gasteiger partial charge >= 0.3 is 0 Å². The summed E-state index contributed by atoms with van der Waals surface area (Å²) in [6.45, 7) is 4.73. The Kier molecular flexibility index (Phi) is 4.27. The third-order valence-electron chi connectivity index (χ3n) is 7.59. The van der Waals surface area contributed by atoms with Crippen molar-refractivity contribution < 1.29 is 9.53 Å². The number of rotatable bonds is 4. The molecule has 4 aliphatic rings. The van der Waals surface area contributed by atoms with Crippen LogP contribution in [0.25, 0.3) is 0 Å². The topological polar surface area (TPSA) is 36.0 Å². The molecule has 2 atom stereocenters. The van der Waals surface area contributed by atoms with Crippen LogP contribution in [-0.4, -0.2) is 56.7 Å². The van der Waals surface area contributed by atoms with Crippen molar-refractivity contribution in [1.29, 1.82) is 0 Å². The molecule has 4 aliphatic heterocycles. The number of carbonyl (C=O) groups excluding carboxylic acids is 1. The van der Waals surface area contributed by atoms with Crippen molar-refractivity contribution in [2.24, 2.45) is 0 Å². The molecule has 2 aromatic rings. The second kappa shape index (κ2) is 7.02. The number of hydrogen-bond donors (Lipinski definition) is 0. The highest BCUT2D eigenvalue weighted by Crippen LogP contribution is 2.50. The molecule has 156 valence electrons. The van der Waals surface area contributed by atoms with Crippen LogP contribution in [0.4, 0.5) is 11.4 Å². The van der Waals surface area contributed by atoms with Crippen molar-refractivity contribution in [2.45, 2.75) is 37.6 Å². The number of likely N-dealkylation sites (tertiary alicyclic amines) is 1. The highest BCUT2D eigenvalue weighted by molar-refractivity contribution is 6.04. The van der Waals surface area contributed by atoms with E-state index in [0.717, 1.165) is 56.9 Å². The van der Waals surface area contributed by atoms with E-state index in [-0.39, 0.29) is 5.91 Å². The largest absolute Gasteiger partial charge is 0.493 e. The maximum Gasteiger partial charge on any atom is 0.246 e. The highest BCUT2D eigenvalue weighted by Gasteiger charge is 2.46. The van der Waals surface area contributed by atoms with E-state index in [4.69, 9.17) is 4.74 Å². The van der Waals surface area contributed by atoms with Gasteiger partial charge in [0, 0.05) is 44.1 Å². The van der Waals surface area contributed by atoms with Gasteiger partial charge in [0.05, 0.1) is 24.5 Å². The minimum atomic E-state index is 0.210. The number of aryl methyl sites for hydroxylation is 1. The van der Waals surface area contributed by atoms with Gasteiger partial charge in [0.25, 0.3) is 0 Å². The summed E-state index contributed by atoms with van der Waals surface area (Å²) in [5.74, 6) is 1.82. The van der Waals surface area contributed by atoms with Crippen LogP contribution in [0.2, 0.25) is 0 Å². The lowest BCUT2D eigenvalue weighted by molar-refractivity contribution is -0.117. The SMILES string of the molecule is CN1C(=O)CN2c3c(cccc31)[C@@H]1CN(CCCc3cccc4c3CCO4)CC[C@@H]12. The van der Waals surface area contributed by atoms with Crippen molar-refractivity contribution in [3.8, 4) is 5.75 Å². The quantitative estimate of drug-likeness (QED) is 0.786. The van der Waals surface area contributed by atoms with Gasteiger partial charge in [-0.05, 0) is 49.1 Å². The highest BCUT2D eigenvalue weighted by atomic mass is 16.5. The molecule has 5 heteroatoms. The second-order valence-corrected chi connectivity index (χ2v) is 9.15. The first-order valence-electron chi connectivity index (χ1n) is 11.3. The monoisotopic (exact) mass is 403 g/mol. The molecule has 4 heterocycles. The van der Waals surface area contributed by atoms with E-state index in [1.807, 2.05) is 11.9 Å². The van der Waals surface area contributed by atoms with Crippen molar-refractivity contribution in [3.63, 3.8) is 0 Å². The van der Waals surface area contributed by atoms with Gasteiger partial charge in [0.15, 0.2) is 0 Å². The zero-order valence-electron chi connectivity index (χ0n) is 17.6. The van der Waals surface area contributed by atoms with Crippen LogP contribution in [0.3, 0.4) is 0 Å². The van der Waals surface area contributed by atoms with Crippen LogP contribution >= 0.6 is 0 Å². The number of piperidine rings is 1. The number of nitrogens with zero attached hydrogens (tertiary/aromatic N) is 3. The van der Waals surface area contributed by atoms with E-state index in [9.17, 15) is 4.79 Å². The van der Waals surface area contributed by atoms with Crippen LogP contribution in [0.1, 0.15) is 35.4 Å². The molecule has 0 unspecified atom stereocenters. The Morgan fingerprint density at radius 3 is 3.00 bits per heavy atom. The van der Waals surface area contributed by atoms with E-state index in [1.54, 1.807) is 0 Å². The van der Waals surface area contributed by atoms with Crippen LogP contribution in [-0.2, 0) is 17.6 Å². The molecule has 1 saturated heterocycles. The number of para-hydroxylation sites is 1. The number of carbonyl (C=O) groups is 1. The molecule has 0 spiro atoms. The fraction of sp³-hybridized carbons (Fsp3) is 0.480. The van der Waals surface area contributed by atoms with Crippen LogP contribution < -0.4 is 14.5 Å². The fourth-order valence-corrected chi connectivity index (χ4v) is 6.09. The summed E-state index contributed by atoms with van der Waals surface area (Å²) >= 11 is 0. The lowest BCUT2D eigenvalue weighted by atomic mass is 9.89. The molecule has 0 N–H and O–H groups in total. The summed E-state index contributed by atoms with van der Waals surface area (Å²) in [5, 5.41) is 0. The first-order chi connectivity index (χ1) is 14.7. The number of anilines is 2. The van der Waals surface area contributed by atoms with Crippen LogP contribution in [0, 0.1) is 0 Å². The molecule has 1 amide bonds. The molecule has 30 heavy (non-hydrogen) atoms. The Balaban J connectivity index is 1.15. The molecule has 6 rings (SSSR count). The normalized spacial score (nSPS) is 24.5. The smallest absolute Gasteiger partial charge is 0.246 e. The zero-order valence-corrected chi connectivity index (χ0v) is 17.6. The summed E-state index contributed by atoms with van der Waals surface area (Å²) in [7, 11) is 1.91. The molecule has 5 nitrogen and oxygen atoms in total. The van der Waals surface area contributed by atoms with Crippen LogP contribution in [0.5, 0.6) is 5.75 Å². The van der Waals surface area contributed by atoms with Gasteiger partial charge < -0.3 is 19.4 Å². The van der Waals surface area contributed by atoms with Gasteiger partial charge in [-0.25, -0.2) is 0 Å². The summed E-state index contributed by atoms with van der Waals surface area (Å²) in [5.41, 5.74) is 6.74. The minimum Gasteiger partial charge on any atom is -0.493 e. The maximum atomic E-state index is 12.5. The van der Waals surface area contributed by atoms with E-state index in [2.05, 4.69) is 46.2 Å². The zero-order chi connectivity index (χ0) is 20.2. The van der Waals surface area contributed by atoms with Gasteiger partial charge in [0.1, 0.15) is 5.75 Å². The predicted octanol–water partition coefficient (Wildman–Crippen LogP) is 3.21. The Hall–Kier alpha value is -2.53. The lowest BCUT2D eigenvalue weighted by Gasteiger charge is -2.41. The Bertz CT molecular complexity index is 1000. The van der Waals surface area contributed by atoms with Gasteiger partial charge in [-0.3, -0.25) is 4.79 Å². The standard InChI is InChI=1S/C25H29N3O2/c1-26-22-8-3-7-19-20-15-27(13-10-21(20)28(25(19)22)16-24(26)29)12-4-6-17-5-2-9-23-18(17)11-14-30-23/h2-3,5,7-9,20-21H,4,6,10-16H2,1H3/t20-,21-/m0/s1. The molecule has 0 aliphatic carbocycles. The number of likely N-dealkylation sites (N-methyl/N-ethyl adjacent to an activating group) is 1. The van der Waals surface area contributed by atoms with E-state index in [1.165, 1.54) is 28.8 Å². The lowest BCUT2D eigenvalue weighted by Crippen LogP contribution is -2.51. The van der Waals surface area contributed by atoms with E-state index >= 15 is 0 Å². The summed E-state index contributed by atoms with van der Waals surface area (Å²) < 4.78 is 5.72. The molecule has 1 fully saturated rings. The van der Waals surface area contributed by atoms with Crippen molar-refractivity contribution >= 4 is 17.3 Å². The number of amides is 1. The molecule has 0 aromatic heterocycles. The van der Waals surface area contributed by atoms with Crippen molar-refractivity contribution in [3.05, 3.63) is 53.1 Å². The Labute approximate surface area is 178 Å². The third-order valence-corrected chi connectivity index (χ3v) is 7.59. The maximum absolute atomic E-state index is 12.5. The van der Waals surface area contributed by atoms with Crippen molar-refractivity contribution in [2.75, 3.05) is 49.6 Å². The first-order valence-corrected chi connectivity index (χ1v) is 11.3. The summed E-state index contributed by atoms with van der Waals surface area (Å²) in [6, 6.07) is 13.5. The molecule has 0 bridgehead atoms. The van der Waals surface area contributed by atoms with E-state index < -0.39 is 0 Å². The number of fused-ring (bicyclic) bond motifs is 4. The van der Waals surface area contributed by atoms with Crippen molar-refractivity contribution in [1.82, 2.24) is 4.90 Å². The third kappa shape index (κ3) is 2.75. The number of benzene rings is 2. The average molecular weight is 404 g/mol. The second-order valence-electron chi connectivity index (χ2n) is 9.15. The Morgan fingerprint density at radius 1 is 1.17 bits per heavy atom. The van der Waals surface area contributed by atoms with Gasteiger partial charge in [-0.2, -0.15) is 0 Å². The molecule has 2 aromatic carbocycles. The summed E-state index contributed by atoms with van der Waals surface area (Å²) in [4.78, 5) is 19.4. The molecule has 0 saturated carbocycles. The first kappa shape index (κ1) is 18.3. The number of ether oxygens (including phenoxy) is 1. The fourth-order valence-electron chi connectivity index (χ4n) is 6.09. The predicted molar refractivity (Wildman–Crippen MR) is 119 cm³/mol. The van der Waals surface area contributed by atoms with Crippen LogP contribution in [0.15, 0.2) is 36.4 Å². The molecule has 0 radical (unpaired) electrons. The van der Waals surface area contributed by atoms with Gasteiger partial charge in [-0.15, -0.1) is 0 Å². The molecular weight excluding hydrogens is 374 g/mol. The Morgan fingerprint density at radius 2 is 2.07 bits per heavy atom. The summed E-state index contributed by atoms with van der Waals surface area (Å²) in [6.07, 6.45) is 4.51. The van der Waals surface area contributed by atoms with Gasteiger partial charge in [-0.1, -0.05) is 24.3 Å². The minimum absolute atomic E-state index is 0.210. The van der Waals surface area contributed by atoms with Gasteiger partial charge in [0.2, 0.25) is 5.91 Å². The average Bonchev–Trinajstić information content (AvgIpc) is 3.36. The molecular formula is C25H29N3O2. The van der Waals surface area contributed by atoms with E-state index in [0.29, 0.717) is 18.5 Å². The number of hydrogen-bond acceptors (Lipinski definition) is 4.